The first-order valence-corrected chi connectivity index (χ1v) is 8.71. The monoisotopic (exact) mass is 343 g/mol. The van der Waals surface area contributed by atoms with Crippen LogP contribution in [0.3, 0.4) is 0 Å². The van der Waals surface area contributed by atoms with Crippen LogP contribution in [0.1, 0.15) is 43.2 Å². The third kappa shape index (κ3) is 5.01. The van der Waals surface area contributed by atoms with E-state index in [4.69, 9.17) is 10.9 Å². The van der Waals surface area contributed by atoms with Crippen molar-refractivity contribution in [3.63, 3.8) is 0 Å². The minimum absolute atomic E-state index is 0.120. The average Bonchev–Trinajstić information content (AvgIpc) is 2.67. The van der Waals surface area contributed by atoms with E-state index in [0.717, 1.165) is 24.0 Å². The molecule has 0 saturated heterocycles. The summed E-state index contributed by atoms with van der Waals surface area (Å²) in [5.74, 6) is 1.00. The van der Waals surface area contributed by atoms with Crippen molar-refractivity contribution in [2.24, 2.45) is 5.73 Å². The van der Waals surface area contributed by atoms with Crippen LogP contribution in [-0.2, 0) is 13.1 Å². The first kappa shape index (κ1) is 17.4. The third-order valence-corrected chi connectivity index (χ3v) is 4.38. The van der Waals surface area contributed by atoms with Gasteiger partial charge in [-0.15, -0.1) is 0 Å². The molecule has 0 aliphatic heterocycles. The Bertz CT molecular complexity index is 671. The fourth-order valence-corrected chi connectivity index (χ4v) is 2.97. The van der Waals surface area contributed by atoms with Crippen LogP contribution in [0.5, 0.6) is 0 Å². The molecule has 25 heavy (non-hydrogen) atoms. The fraction of sp³-hybridized carbons (Fsp3) is 0.471. The van der Waals surface area contributed by atoms with Gasteiger partial charge in [0.15, 0.2) is 0 Å². The van der Waals surface area contributed by atoms with Gasteiger partial charge in [-0.3, -0.25) is 5.21 Å². The normalized spacial score (nSPS) is 15.0. The zero-order valence-corrected chi connectivity index (χ0v) is 14.2. The molecule has 1 saturated carbocycles. The number of nitrogens with zero attached hydrogens (tertiary/aromatic N) is 3. The lowest BCUT2D eigenvalue weighted by atomic mass is 9.96. The molecule has 2 aromatic rings. The molecule has 1 aromatic heterocycles. The topological polar surface area (TPSA) is 121 Å². The van der Waals surface area contributed by atoms with Gasteiger partial charge in [-0.2, -0.15) is 15.0 Å². The van der Waals surface area contributed by atoms with E-state index in [-0.39, 0.29) is 5.95 Å². The second-order valence-corrected chi connectivity index (χ2v) is 6.27. The lowest BCUT2D eigenvalue weighted by Crippen LogP contribution is -2.24. The molecule has 0 unspecified atom stereocenters. The Morgan fingerprint density at radius 3 is 2.24 bits per heavy atom. The van der Waals surface area contributed by atoms with E-state index in [0.29, 0.717) is 31.0 Å². The Labute approximate surface area is 147 Å². The number of benzene rings is 1. The summed E-state index contributed by atoms with van der Waals surface area (Å²) < 4.78 is 0. The zero-order valence-electron chi connectivity index (χ0n) is 14.2. The fourth-order valence-electron chi connectivity index (χ4n) is 2.97. The molecule has 1 aromatic carbocycles. The number of rotatable bonds is 7. The van der Waals surface area contributed by atoms with E-state index in [9.17, 15) is 0 Å². The predicted molar refractivity (Wildman–Crippen MR) is 97.4 cm³/mol. The van der Waals surface area contributed by atoms with Gasteiger partial charge in [0, 0.05) is 19.1 Å². The molecule has 6 N–H and O–H groups in total. The summed E-state index contributed by atoms with van der Waals surface area (Å²) in [4.78, 5) is 12.7. The number of anilines is 3. The average molecular weight is 343 g/mol. The van der Waals surface area contributed by atoms with Gasteiger partial charge in [0.05, 0.1) is 0 Å². The molecular formula is C17H25N7O. The smallest absolute Gasteiger partial charge is 0.253 e. The van der Waals surface area contributed by atoms with Crippen LogP contribution in [-0.4, -0.2) is 26.2 Å². The van der Waals surface area contributed by atoms with Crippen molar-refractivity contribution in [1.82, 2.24) is 15.0 Å². The molecular weight excluding hydrogens is 318 g/mol. The molecule has 134 valence electrons. The van der Waals surface area contributed by atoms with E-state index in [1.165, 1.54) is 19.3 Å². The lowest BCUT2D eigenvalue weighted by molar-refractivity contribution is 0.382. The van der Waals surface area contributed by atoms with Crippen LogP contribution in [0.25, 0.3) is 0 Å². The molecule has 8 heteroatoms. The minimum Gasteiger partial charge on any atom is -0.351 e. The highest BCUT2D eigenvalue weighted by Crippen LogP contribution is 2.21. The number of aromatic nitrogens is 3. The Morgan fingerprint density at radius 1 is 0.920 bits per heavy atom. The van der Waals surface area contributed by atoms with E-state index in [1.807, 2.05) is 29.7 Å². The van der Waals surface area contributed by atoms with Crippen LogP contribution in [0.2, 0.25) is 0 Å². The van der Waals surface area contributed by atoms with E-state index >= 15 is 0 Å². The van der Waals surface area contributed by atoms with Gasteiger partial charge in [-0.25, -0.2) is 5.48 Å². The highest BCUT2D eigenvalue weighted by Gasteiger charge is 2.15. The molecule has 1 aliphatic carbocycles. The summed E-state index contributed by atoms with van der Waals surface area (Å²) in [6.45, 7) is 1.10. The Kier molecular flexibility index (Phi) is 5.97. The standard InChI is InChI=1S/C17H25N7O/c18-10-12-6-8-13(9-7-12)11-19-15-21-16(23-17(22-15)24-25)20-14-4-2-1-3-5-14/h6-9,14,25H,1-5,10-11,18H2,(H3,19,20,21,22,23,24). The molecule has 1 aliphatic rings. The van der Waals surface area contributed by atoms with Crippen LogP contribution in [0.15, 0.2) is 24.3 Å². The van der Waals surface area contributed by atoms with Gasteiger partial charge in [0.2, 0.25) is 11.9 Å². The summed E-state index contributed by atoms with van der Waals surface area (Å²) in [6.07, 6.45) is 5.96. The van der Waals surface area contributed by atoms with Gasteiger partial charge in [-0.1, -0.05) is 43.5 Å². The van der Waals surface area contributed by atoms with Crippen LogP contribution >= 0.6 is 0 Å². The summed E-state index contributed by atoms with van der Waals surface area (Å²) in [7, 11) is 0. The van der Waals surface area contributed by atoms with Crippen molar-refractivity contribution >= 4 is 17.8 Å². The van der Waals surface area contributed by atoms with Crippen LogP contribution in [0.4, 0.5) is 17.8 Å². The predicted octanol–water partition coefficient (Wildman–Crippen LogP) is 2.49. The molecule has 0 amide bonds. The van der Waals surface area contributed by atoms with Gasteiger partial charge in [0.25, 0.3) is 5.95 Å². The van der Waals surface area contributed by atoms with Gasteiger partial charge in [0.1, 0.15) is 0 Å². The summed E-state index contributed by atoms with van der Waals surface area (Å²) in [6, 6.07) is 8.41. The number of nitrogens with two attached hydrogens (primary N) is 1. The largest absolute Gasteiger partial charge is 0.351 e. The van der Waals surface area contributed by atoms with Gasteiger partial charge in [-0.05, 0) is 24.0 Å². The Morgan fingerprint density at radius 2 is 1.56 bits per heavy atom. The zero-order chi connectivity index (χ0) is 17.5. The van der Waals surface area contributed by atoms with Crippen molar-refractivity contribution in [3.8, 4) is 0 Å². The maximum Gasteiger partial charge on any atom is 0.253 e. The summed E-state index contributed by atoms with van der Waals surface area (Å²) >= 11 is 0. The van der Waals surface area contributed by atoms with Gasteiger partial charge < -0.3 is 16.4 Å². The molecule has 1 heterocycles. The lowest BCUT2D eigenvalue weighted by Gasteiger charge is -2.22. The maximum absolute atomic E-state index is 9.17. The number of hydrogen-bond donors (Lipinski definition) is 5. The third-order valence-electron chi connectivity index (χ3n) is 4.38. The van der Waals surface area contributed by atoms with E-state index in [2.05, 4.69) is 25.6 Å². The van der Waals surface area contributed by atoms with Crippen molar-refractivity contribution in [2.45, 2.75) is 51.2 Å². The number of hydrogen-bond acceptors (Lipinski definition) is 8. The van der Waals surface area contributed by atoms with Crippen molar-refractivity contribution in [3.05, 3.63) is 35.4 Å². The molecule has 1 fully saturated rings. The number of nitrogens with one attached hydrogen (secondary N) is 3. The quantitative estimate of drug-likeness (QED) is 0.486. The summed E-state index contributed by atoms with van der Waals surface area (Å²) in [5.41, 5.74) is 9.80. The molecule has 0 radical (unpaired) electrons. The molecule has 8 nitrogen and oxygen atoms in total. The van der Waals surface area contributed by atoms with E-state index in [1.54, 1.807) is 0 Å². The molecule has 0 bridgehead atoms. The first-order valence-electron chi connectivity index (χ1n) is 8.71. The Balaban J connectivity index is 1.65. The van der Waals surface area contributed by atoms with Gasteiger partial charge >= 0.3 is 0 Å². The highest BCUT2D eigenvalue weighted by atomic mass is 16.5. The van der Waals surface area contributed by atoms with Crippen molar-refractivity contribution in [2.75, 3.05) is 16.1 Å². The Hall–Kier alpha value is -2.45. The minimum atomic E-state index is 0.120. The van der Waals surface area contributed by atoms with Crippen molar-refractivity contribution < 1.29 is 5.21 Å². The second kappa shape index (κ2) is 8.59. The SMILES string of the molecule is NCc1ccc(CNc2nc(NO)nc(NC3CCCCC3)n2)cc1. The molecule has 3 rings (SSSR count). The molecule has 0 atom stereocenters. The maximum atomic E-state index is 9.17. The molecule has 0 spiro atoms. The second-order valence-electron chi connectivity index (χ2n) is 6.27. The van der Waals surface area contributed by atoms with E-state index < -0.39 is 0 Å². The summed E-state index contributed by atoms with van der Waals surface area (Å²) in [5, 5.41) is 15.7. The highest BCUT2D eigenvalue weighted by molar-refractivity contribution is 5.42. The van der Waals surface area contributed by atoms with Crippen LogP contribution in [0, 0.1) is 0 Å². The van der Waals surface area contributed by atoms with Crippen LogP contribution < -0.4 is 21.8 Å². The van der Waals surface area contributed by atoms with Crippen molar-refractivity contribution in [1.29, 1.82) is 0 Å². The first-order chi connectivity index (χ1) is 12.3.